The van der Waals surface area contributed by atoms with Gasteiger partial charge in [0.2, 0.25) is 11.8 Å². The lowest BCUT2D eigenvalue weighted by atomic mass is 10.0. The van der Waals surface area contributed by atoms with E-state index in [-0.39, 0.29) is 17.7 Å². The highest BCUT2D eigenvalue weighted by Crippen LogP contribution is 2.24. The largest absolute Gasteiger partial charge is 0.469 e. The number of benzene rings is 1. The average Bonchev–Trinajstić information content (AvgIpc) is 3.13. The van der Waals surface area contributed by atoms with Gasteiger partial charge in [-0.2, -0.15) is 9.97 Å². The smallest absolute Gasteiger partial charge is 0.278 e. The standard InChI is InChI=1S/C25H27N7O3/c1-15(2)31-24(33)20-12-27-25(28-18-7-6-17-11-26-9-8-16(17)10-18)30-23(20)32(31)21-4-3-5-22(29-21)35-19-13-34-14-19/h3-7,10,12,15,19,26H,8-9,11,13-14H2,1-2H3,(H,27,28,30). The third kappa shape index (κ3) is 4.04. The van der Waals surface area contributed by atoms with E-state index in [1.807, 2.05) is 32.0 Å². The maximum atomic E-state index is 13.3. The van der Waals surface area contributed by atoms with E-state index in [9.17, 15) is 4.79 Å². The highest BCUT2D eigenvalue weighted by molar-refractivity contribution is 5.77. The molecule has 0 radical (unpaired) electrons. The molecule has 6 rings (SSSR count). The number of hydrogen-bond donors (Lipinski definition) is 2. The predicted octanol–water partition coefficient (Wildman–Crippen LogP) is 2.73. The Bertz CT molecular complexity index is 1460. The zero-order chi connectivity index (χ0) is 23.9. The fourth-order valence-corrected chi connectivity index (χ4v) is 4.47. The first-order chi connectivity index (χ1) is 17.1. The maximum Gasteiger partial charge on any atom is 0.278 e. The molecule has 0 saturated carbocycles. The van der Waals surface area contributed by atoms with Crippen LogP contribution >= 0.6 is 0 Å². The number of fused-ring (bicyclic) bond motifs is 2. The fraction of sp³-hybridized carbons (Fsp3) is 0.360. The number of nitrogens with zero attached hydrogens (tertiary/aromatic N) is 5. The molecule has 0 aliphatic carbocycles. The Morgan fingerprint density at radius 1 is 1.17 bits per heavy atom. The number of anilines is 2. The Balaban J connectivity index is 1.41. The van der Waals surface area contributed by atoms with Gasteiger partial charge in [0.25, 0.3) is 5.56 Å². The van der Waals surface area contributed by atoms with Crippen LogP contribution in [0.3, 0.4) is 0 Å². The van der Waals surface area contributed by atoms with E-state index in [0.717, 1.165) is 25.2 Å². The summed E-state index contributed by atoms with van der Waals surface area (Å²) in [6, 6.07) is 11.7. The number of pyridine rings is 1. The molecule has 2 aliphatic heterocycles. The van der Waals surface area contributed by atoms with Crippen LogP contribution < -0.4 is 20.9 Å². The van der Waals surface area contributed by atoms with Crippen molar-refractivity contribution in [2.45, 2.75) is 39.0 Å². The summed E-state index contributed by atoms with van der Waals surface area (Å²) in [7, 11) is 0. The number of rotatable bonds is 6. The Hall–Kier alpha value is -3.76. The second kappa shape index (κ2) is 8.79. The molecular formula is C25H27N7O3. The van der Waals surface area contributed by atoms with Gasteiger partial charge in [-0.1, -0.05) is 12.1 Å². The molecule has 1 fully saturated rings. The molecular weight excluding hydrogens is 446 g/mol. The van der Waals surface area contributed by atoms with Gasteiger partial charge in [-0.3, -0.25) is 4.79 Å². The summed E-state index contributed by atoms with van der Waals surface area (Å²) in [6.45, 7) is 6.87. The predicted molar refractivity (Wildman–Crippen MR) is 132 cm³/mol. The van der Waals surface area contributed by atoms with Gasteiger partial charge in [0.15, 0.2) is 11.5 Å². The molecule has 4 aromatic rings. The Morgan fingerprint density at radius 2 is 2.06 bits per heavy atom. The van der Waals surface area contributed by atoms with Gasteiger partial charge < -0.3 is 20.1 Å². The normalized spacial score (nSPS) is 15.7. The lowest BCUT2D eigenvalue weighted by Crippen LogP contribution is -2.38. The zero-order valence-electron chi connectivity index (χ0n) is 19.7. The van der Waals surface area contributed by atoms with Crippen LogP contribution in [0.25, 0.3) is 16.9 Å². The summed E-state index contributed by atoms with van der Waals surface area (Å²) in [4.78, 5) is 27.1. The summed E-state index contributed by atoms with van der Waals surface area (Å²) in [6.07, 6.45) is 2.56. The molecule has 10 heteroatoms. The number of aromatic nitrogens is 5. The third-order valence-electron chi connectivity index (χ3n) is 6.28. The molecule has 35 heavy (non-hydrogen) atoms. The first kappa shape index (κ1) is 21.8. The molecule has 1 saturated heterocycles. The molecule has 0 spiro atoms. The quantitative estimate of drug-likeness (QED) is 0.440. The van der Waals surface area contributed by atoms with Gasteiger partial charge >= 0.3 is 0 Å². The van der Waals surface area contributed by atoms with E-state index >= 15 is 0 Å². The summed E-state index contributed by atoms with van der Waals surface area (Å²) < 4.78 is 14.5. The van der Waals surface area contributed by atoms with E-state index in [1.54, 1.807) is 21.6 Å². The second-order valence-electron chi connectivity index (χ2n) is 9.13. The lowest BCUT2D eigenvalue weighted by molar-refractivity contribution is -0.0813. The maximum absolute atomic E-state index is 13.3. The van der Waals surface area contributed by atoms with Crippen LogP contribution in [0.15, 0.2) is 47.4 Å². The zero-order valence-corrected chi connectivity index (χ0v) is 19.7. The highest BCUT2D eigenvalue weighted by atomic mass is 16.6. The van der Waals surface area contributed by atoms with E-state index in [0.29, 0.717) is 41.9 Å². The highest BCUT2D eigenvalue weighted by Gasteiger charge is 2.23. The SMILES string of the molecule is CC(C)n1c(=O)c2cnc(Nc3ccc4c(c3)CCNC4)nc2n1-c1cccc(OC2COC2)n1. The Kier molecular flexibility index (Phi) is 5.46. The van der Waals surface area contributed by atoms with Crippen molar-refractivity contribution >= 4 is 22.7 Å². The molecule has 3 aromatic heterocycles. The molecule has 0 amide bonds. The van der Waals surface area contributed by atoms with Gasteiger partial charge in [0, 0.05) is 30.5 Å². The number of hydrogen-bond acceptors (Lipinski definition) is 8. The van der Waals surface area contributed by atoms with E-state index in [2.05, 4.69) is 32.7 Å². The fourth-order valence-electron chi connectivity index (χ4n) is 4.47. The van der Waals surface area contributed by atoms with E-state index < -0.39 is 0 Å². The minimum atomic E-state index is -0.164. The number of nitrogens with one attached hydrogen (secondary N) is 2. The van der Waals surface area contributed by atoms with Gasteiger partial charge in [-0.25, -0.2) is 14.3 Å². The lowest BCUT2D eigenvalue weighted by Gasteiger charge is -2.26. The van der Waals surface area contributed by atoms with Crippen molar-refractivity contribution in [3.05, 3.63) is 64.1 Å². The molecule has 5 heterocycles. The van der Waals surface area contributed by atoms with Crippen molar-refractivity contribution in [1.29, 1.82) is 0 Å². The molecule has 180 valence electrons. The van der Waals surface area contributed by atoms with Crippen LogP contribution in [-0.4, -0.2) is 50.2 Å². The first-order valence-electron chi connectivity index (χ1n) is 11.9. The van der Waals surface area contributed by atoms with Crippen LogP contribution in [0.4, 0.5) is 11.6 Å². The summed E-state index contributed by atoms with van der Waals surface area (Å²) in [5, 5.41) is 7.13. The minimum absolute atomic E-state index is 0.00280. The molecule has 1 aromatic carbocycles. The van der Waals surface area contributed by atoms with Crippen molar-refractivity contribution in [2.75, 3.05) is 25.1 Å². The summed E-state index contributed by atoms with van der Waals surface area (Å²) >= 11 is 0. The summed E-state index contributed by atoms with van der Waals surface area (Å²) in [5.41, 5.74) is 3.86. The number of ether oxygens (including phenoxy) is 2. The van der Waals surface area contributed by atoms with Crippen molar-refractivity contribution in [1.82, 2.24) is 29.6 Å². The van der Waals surface area contributed by atoms with Gasteiger partial charge in [0.05, 0.1) is 13.2 Å². The summed E-state index contributed by atoms with van der Waals surface area (Å²) in [5.74, 6) is 1.45. The van der Waals surface area contributed by atoms with Crippen LogP contribution in [0.1, 0.15) is 31.0 Å². The van der Waals surface area contributed by atoms with Gasteiger partial charge in [-0.05, 0) is 56.1 Å². The second-order valence-corrected chi connectivity index (χ2v) is 9.13. The van der Waals surface area contributed by atoms with E-state index in [4.69, 9.17) is 14.5 Å². The van der Waals surface area contributed by atoms with Crippen LogP contribution in [0, 0.1) is 0 Å². The average molecular weight is 474 g/mol. The first-order valence-corrected chi connectivity index (χ1v) is 11.9. The van der Waals surface area contributed by atoms with Gasteiger partial charge in [0.1, 0.15) is 11.5 Å². The van der Waals surface area contributed by atoms with Crippen molar-refractivity contribution in [2.24, 2.45) is 0 Å². The van der Waals surface area contributed by atoms with Gasteiger partial charge in [-0.15, -0.1) is 0 Å². The monoisotopic (exact) mass is 473 g/mol. The Labute approximate surface area is 201 Å². The topological polar surface area (TPSA) is 108 Å². The van der Waals surface area contributed by atoms with Crippen molar-refractivity contribution in [3.8, 4) is 11.7 Å². The Morgan fingerprint density at radius 3 is 2.86 bits per heavy atom. The van der Waals surface area contributed by atoms with Crippen LogP contribution in [0.2, 0.25) is 0 Å². The molecule has 2 N–H and O–H groups in total. The van der Waals surface area contributed by atoms with Crippen molar-refractivity contribution in [3.63, 3.8) is 0 Å². The molecule has 0 bridgehead atoms. The molecule has 0 atom stereocenters. The molecule has 0 unspecified atom stereocenters. The van der Waals surface area contributed by atoms with Crippen molar-refractivity contribution < 1.29 is 9.47 Å². The van der Waals surface area contributed by atoms with Crippen LogP contribution in [0.5, 0.6) is 5.88 Å². The minimum Gasteiger partial charge on any atom is -0.469 e. The third-order valence-corrected chi connectivity index (χ3v) is 6.28. The van der Waals surface area contributed by atoms with Crippen LogP contribution in [-0.2, 0) is 17.7 Å². The molecule has 10 nitrogen and oxygen atoms in total. The van der Waals surface area contributed by atoms with E-state index in [1.165, 1.54) is 11.1 Å². The molecule has 2 aliphatic rings.